The Kier molecular flexibility index (Phi) is 3.51. The van der Waals surface area contributed by atoms with E-state index in [0.29, 0.717) is 0 Å². The largest absolute Gasteiger partial charge is 0.293 e. The quantitative estimate of drug-likeness (QED) is 0.376. The number of ketones is 1. The van der Waals surface area contributed by atoms with Crippen LogP contribution < -0.4 is 0 Å². The molecule has 106 valence electrons. The smallest absolute Gasteiger partial charge is 0.200 e. The van der Waals surface area contributed by atoms with Gasteiger partial charge < -0.3 is 0 Å². The summed E-state index contributed by atoms with van der Waals surface area (Å²) in [5, 5.41) is 3.62. The van der Waals surface area contributed by atoms with E-state index in [4.69, 9.17) is 0 Å². The maximum atomic E-state index is 13.4. The van der Waals surface area contributed by atoms with Gasteiger partial charge in [-0.1, -0.05) is 0 Å². The van der Waals surface area contributed by atoms with Crippen molar-refractivity contribution < 1.29 is 26.7 Å². The molecular formula is C11H6F5N3O. The Morgan fingerprint density at radius 1 is 1.05 bits per heavy atom. The van der Waals surface area contributed by atoms with Gasteiger partial charge >= 0.3 is 0 Å². The van der Waals surface area contributed by atoms with Crippen LogP contribution in [0.2, 0.25) is 0 Å². The number of hydrogen-bond acceptors (Lipinski definition) is 3. The van der Waals surface area contributed by atoms with Crippen molar-refractivity contribution in [2.24, 2.45) is 7.05 Å². The molecule has 1 heterocycles. The highest BCUT2D eigenvalue weighted by molar-refractivity contribution is 5.97. The highest BCUT2D eigenvalue weighted by Crippen LogP contribution is 2.24. The summed E-state index contributed by atoms with van der Waals surface area (Å²) in [6.07, 6.45) is 0.440. The Hall–Kier alpha value is -2.32. The van der Waals surface area contributed by atoms with E-state index in [1.54, 1.807) is 0 Å². The number of carbonyl (C=O) groups is 1. The third kappa shape index (κ3) is 2.15. The maximum Gasteiger partial charge on any atom is 0.200 e. The van der Waals surface area contributed by atoms with Gasteiger partial charge in [-0.15, -0.1) is 0 Å². The van der Waals surface area contributed by atoms with Crippen LogP contribution in [0.15, 0.2) is 6.33 Å². The molecule has 0 aliphatic heterocycles. The summed E-state index contributed by atoms with van der Waals surface area (Å²) >= 11 is 0. The molecule has 1 aromatic carbocycles. The first kappa shape index (κ1) is 14.1. The first-order chi connectivity index (χ1) is 9.34. The third-order valence-corrected chi connectivity index (χ3v) is 2.61. The summed E-state index contributed by atoms with van der Waals surface area (Å²) in [5.74, 6) is -12.2. The first-order valence-corrected chi connectivity index (χ1v) is 5.22. The molecule has 0 amide bonds. The molecule has 2 aromatic rings. The summed E-state index contributed by atoms with van der Waals surface area (Å²) in [4.78, 5) is 15.3. The van der Waals surface area contributed by atoms with E-state index >= 15 is 0 Å². The summed E-state index contributed by atoms with van der Waals surface area (Å²) < 4.78 is 66.7. The summed E-state index contributed by atoms with van der Waals surface area (Å²) in [5.41, 5.74) is -1.48. The van der Waals surface area contributed by atoms with Gasteiger partial charge in [-0.25, -0.2) is 26.9 Å². The molecular weight excluding hydrogens is 285 g/mol. The van der Waals surface area contributed by atoms with Gasteiger partial charge in [-0.3, -0.25) is 9.48 Å². The van der Waals surface area contributed by atoms with Crippen LogP contribution in [-0.4, -0.2) is 20.5 Å². The number of rotatable bonds is 3. The van der Waals surface area contributed by atoms with Crippen LogP contribution in [0.1, 0.15) is 16.2 Å². The average Bonchev–Trinajstić information content (AvgIpc) is 2.80. The highest BCUT2D eigenvalue weighted by atomic mass is 19.2. The van der Waals surface area contributed by atoms with Crippen molar-refractivity contribution in [2.75, 3.05) is 0 Å². The average molecular weight is 291 g/mol. The van der Waals surface area contributed by atoms with Crippen LogP contribution >= 0.6 is 0 Å². The fourth-order valence-electron chi connectivity index (χ4n) is 1.56. The van der Waals surface area contributed by atoms with E-state index in [1.165, 1.54) is 7.05 Å². The molecule has 20 heavy (non-hydrogen) atoms. The van der Waals surface area contributed by atoms with Crippen LogP contribution in [-0.2, 0) is 13.5 Å². The lowest BCUT2D eigenvalue weighted by Crippen LogP contribution is -2.16. The molecule has 0 spiro atoms. The van der Waals surface area contributed by atoms with E-state index in [1.807, 2.05) is 0 Å². The molecule has 0 aliphatic rings. The predicted octanol–water partition coefficient (Wildman–Crippen LogP) is 1.94. The molecule has 1 aromatic heterocycles. The zero-order valence-corrected chi connectivity index (χ0v) is 9.92. The molecule has 9 heteroatoms. The molecule has 0 radical (unpaired) electrons. The van der Waals surface area contributed by atoms with Crippen molar-refractivity contribution in [3.63, 3.8) is 0 Å². The van der Waals surface area contributed by atoms with E-state index in [9.17, 15) is 26.7 Å². The van der Waals surface area contributed by atoms with Crippen molar-refractivity contribution in [3.05, 3.63) is 46.8 Å². The van der Waals surface area contributed by atoms with E-state index in [2.05, 4.69) is 10.1 Å². The number of Topliss-reactive ketones (excluding diaryl/α,β-unsaturated/α-hetero) is 1. The SMILES string of the molecule is Cn1ncnc1CC(=O)c1c(F)c(F)c(F)c(F)c1F. The lowest BCUT2D eigenvalue weighted by molar-refractivity contribution is 0.0978. The van der Waals surface area contributed by atoms with Gasteiger partial charge in [0.05, 0.1) is 12.0 Å². The molecule has 0 saturated heterocycles. The van der Waals surface area contributed by atoms with Crippen molar-refractivity contribution >= 4 is 5.78 Å². The van der Waals surface area contributed by atoms with Crippen LogP contribution in [0, 0.1) is 29.1 Å². The molecule has 0 bridgehead atoms. The zero-order chi connectivity index (χ0) is 15.0. The summed E-state index contributed by atoms with van der Waals surface area (Å²) in [6.45, 7) is 0. The van der Waals surface area contributed by atoms with Gasteiger partial charge in [0, 0.05) is 7.05 Å². The number of aryl methyl sites for hydroxylation is 1. The number of hydrogen-bond donors (Lipinski definition) is 0. The molecule has 2 rings (SSSR count). The Labute approximate surface area is 108 Å². The lowest BCUT2D eigenvalue weighted by atomic mass is 10.1. The van der Waals surface area contributed by atoms with Crippen LogP contribution in [0.4, 0.5) is 22.0 Å². The van der Waals surface area contributed by atoms with Gasteiger partial charge in [0.2, 0.25) is 5.82 Å². The van der Waals surface area contributed by atoms with Gasteiger partial charge in [0.1, 0.15) is 12.2 Å². The number of nitrogens with zero attached hydrogens (tertiary/aromatic N) is 3. The second kappa shape index (κ2) is 4.99. The first-order valence-electron chi connectivity index (χ1n) is 5.22. The normalized spacial score (nSPS) is 10.9. The van der Waals surface area contributed by atoms with Crippen LogP contribution in [0.3, 0.4) is 0 Å². The van der Waals surface area contributed by atoms with Gasteiger partial charge in [-0.2, -0.15) is 5.10 Å². The highest BCUT2D eigenvalue weighted by Gasteiger charge is 2.30. The van der Waals surface area contributed by atoms with Crippen molar-refractivity contribution in [3.8, 4) is 0 Å². The second-order valence-corrected chi connectivity index (χ2v) is 3.84. The van der Waals surface area contributed by atoms with E-state index in [0.717, 1.165) is 11.0 Å². The molecule has 0 unspecified atom stereocenters. The molecule has 0 fully saturated rings. The monoisotopic (exact) mass is 291 g/mol. The molecule has 0 aliphatic carbocycles. The minimum absolute atomic E-state index is 0.0268. The summed E-state index contributed by atoms with van der Waals surface area (Å²) in [6, 6.07) is 0. The van der Waals surface area contributed by atoms with Gasteiger partial charge in [0.15, 0.2) is 29.1 Å². The molecule has 0 atom stereocenters. The second-order valence-electron chi connectivity index (χ2n) is 3.84. The Morgan fingerprint density at radius 2 is 1.55 bits per heavy atom. The van der Waals surface area contributed by atoms with E-state index in [-0.39, 0.29) is 5.82 Å². The Balaban J connectivity index is 2.48. The molecule has 0 N–H and O–H groups in total. The van der Waals surface area contributed by atoms with Crippen molar-refractivity contribution in [1.29, 1.82) is 0 Å². The minimum Gasteiger partial charge on any atom is -0.293 e. The summed E-state index contributed by atoms with van der Waals surface area (Å²) in [7, 11) is 1.41. The number of halogens is 5. The van der Waals surface area contributed by atoms with E-state index < -0.39 is 46.9 Å². The molecule has 0 saturated carbocycles. The Bertz CT molecular complexity index is 669. The maximum absolute atomic E-state index is 13.4. The van der Waals surface area contributed by atoms with Crippen LogP contribution in [0.25, 0.3) is 0 Å². The zero-order valence-electron chi connectivity index (χ0n) is 9.92. The predicted molar refractivity (Wildman–Crippen MR) is 55.3 cm³/mol. The number of aromatic nitrogens is 3. The van der Waals surface area contributed by atoms with Crippen molar-refractivity contribution in [1.82, 2.24) is 14.8 Å². The third-order valence-electron chi connectivity index (χ3n) is 2.61. The lowest BCUT2D eigenvalue weighted by Gasteiger charge is -2.07. The topological polar surface area (TPSA) is 47.8 Å². The minimum atomic E-state index is -2.31. The molecule has 4 nitrogen and oxygen atoms in total. The van der Waals surface area contributed by atoms with Crippen molar-refractivity contribution in [2.45, 2.75) is 6.42 Å². The Morgan fingerprint density at radius 3 is 2.00 bits per heavy atom. The fourth-order valence-corrected chi connectivity index (χ4v) is 1.56. The standard InChI is InChI=1S/C11H6F5N3O/c1-19-5(17-3-18-19)2-4(20)6-7(12)9(14)11(16)10(15)8(6)13/h3H,2H2,1H3. The van der Waals surface area contributed by atoms with Gasteiger partial charge in [-0.05, 0) is 0 Å². The van der Waals surface area contributed by atoms with Gasteiger partial charge in [0.25, 0.3) is 0 Å². The number of carbonyl (C=O) groups excluding carboxylic acids is 1. The van der Waals surface area contributed by atoms with Crippen LogP contribution in [0.5, 0.6) is 0 Å². The number of benzene rings is 1. The fraction of sp³-hybridized carbons (Fsp3) is 0.182.